The fraction of sp³-hybridized carbons (Fsp3) is 0.467. The molecule has 21 heavy (non-hydrogen) atoms. The topological polar surface area (TPSA) is 87.7 Å². The Morgan fingerprint density at radius 2 is 2.14 bits per heavy atom. The van der Waals surface area contributed by atoms with Gasteiger partial charge in [0.05, 0.1) is 13.3 Å². The number of hydrogen-bond donors (Lipinski definition) is 3. The number of hydrogen-bond acceptors (Lipinski definition) is 5. The van der Waals surface area contributed by atoms with E-state index in [0.717, 1.165) is 24.9 Å². The van der Waals surface area contributed by atoms with Crippen molar-refractivity contribution in [2.75, 3.05) is 13.7 Å². The van der Waals surface area contributed by atoms with Crippen molar-refractivity contribution >= 4 is 11.9 Å². The van der Waals surface area contributed by atoms with Gasteiger partial charge < -0.3 is 15.2 Å². The Morgan fingerprint density at radius 3 is 2.71 bits per heavy atom. The van der Waals surface area contributed by atoms with E-state index in [2.05, 4.69) is 10.6 Å². The van der Waals surface area contributed by atoms with Gasteiger partial charge in [-0.1, -0.05) is 12.1 Å². The molecule has 114 valence electrons. The van der Waals surface area contributed by atoms with E-state index in [4.69, 9.17) is 4.74 Å². The molecule has 3 N–H and O–H groups in total. The van der Waals surface area contributed by atoms with Gasteiger partial charge in [-0.05, 0) is 43.5 Å². The largest absolute Gasteiger partial charge is 0.508 e. The second-order valence-corrected chi connectivity index (χ2v) is 5.10. The normalized spacial score (nSPS) is 19.0. The van der Waals surface area contributed by atoms with E-state index in [1.807, 2.05) is 0 Å². The molecular formula is C15H20N2O4. The molecule has 0 bridgehead atoms. The first-order chi connectivity index (χ1) is 10.1. The minimum absolute atomic E-state index is 0.0792. The molecule has 0 saturated carbocycles. The maximum atomic E-state index is 12.3. The van der Waals surface area contributed by atoms with E-state index >= 15 is 0 Å². The van der Waals surface area contributed by atoms with Crippen LogP contribution in [-0.2, 0) is 20.7 Å². The number of nitrogens with one attached hydrogen (secondary N) is 2. The average Bonchev–Trinajstić information content (AvgIpc) is 2.98. The molecule has 1 saturated heterocycles. The summed E-state index contributed by atoms with van der Waals surface area (Å²) in [6, 6.07) is 6.43. The summed E-state index contributed by atoms with van der Waals surface area (Å²) >= 11 is 0. The van der Waals surface area contributed by atoms with Crippen molar-refractivity contribution in [1.29, 1.82) is 0 Å². The first kappa shape index (κ1) is 15.3. The number of phenolic OH excluding ortho intramolecular Hbond substituents is 1. The summed E-state index contributed by atoms with van der Waals surface area (Å²) in [6.45, 7) is 0.867. The van der Waals surface area contributed by atoms with Crippen molar-refractivity contribution in [1.82, 2.24) is 10.6 Å². The fourth-order valence-electron chi connectivity index (χ4n) is 2.37. The first-order valence-corrected chi connectivity index (χ1v) is 6.99. The van der Waals surface area contributed by atoms with E-state index in [1.54, 1.807) is 12.1 Å². The van der Waals surface area contributed by atoms with Crippen LogP contribution >= 0.6 is 0 Å². The summed E-state index contributed by atoms with van der Waals surface area (Å²) in [5.41, 5.74) is 0.790. The number of carbonyl (C=O) groups is 2. The Morgan fingerprint density at radius 1 is 1.43 bits per heavy atom. The quantitative estimate of drug-likeness (QED) is 0.545. The van der Waals surface area contributed by atoms with E-state index in [9.17, 15) is 14.7 Å². The number of phenols is 1. The van der Waals surface area contributed by atoms with Crippen LogP contribution in [-0.4, -0.2) is 36.8 Å². The summed E-state index contributed by atoms with van der Waals surface area (Å²) in [5, 5.41) is 15.2. The fourth-order valence-corrected chi connectivity index (χ4v) is 2.37. The predicted molar refractivity (Wildman–Crippen MR) is 76.5 cm³/mol. The molecule has 1 aliphatic rings. The number of benzene rings is 1. The van der Waals surface area contributed by atoms with Crippen molar-refractivity contribution in [3.8, 4) is 5.75 Å². The second kappa shape index (κ2) is 7.08. The van der Waals surface area contributed by atoms with Crippen molar-refractivity contribution in [3.05, 3.63) is 29.8 Å². The third-order valence-electron chi connectivity index (χ3n) is 3.56. The highest BCUT2D eigenvalue weighted by Crippen LogP contribution is 2.15. The lowest BCUT2D eigenvalue weighted by atomic mass is 9.98. The number of esters is 1. The molecule has 1 aromatic carbocycles. The van der Waals surface area contributed by atoms with Gasteiger partial charge in [0.2, 0.25) is 5.91 Å². The van der Waals surface area contributed by atoms with Crippen LogP contribution in [0.3, 0.4) is 0 Å². The first-order valence-electron chi connectivity index (χ1n) is 6.99. The Hall–Kier alpha value is -2.08. The van der Waals surface area contributed by atoms with Gasteiger partial charge >= 0.3 is 5.97 Å². The van der Waals surface area contributed by atoms with Gasteiger partial charge in [0.25, 0.3) is 0 Å². The van der Waals surface area contributed by atoms with Crippen LogP contribution in [0.1, 0.15) is 18.4 Å². The van der Waals surface area contributed by atoms with Crippen molar-refractivity contribution < 1.29 is 19.4 Å². The van der Waals surface area contributed by atoms with Gasteiger partial charge in [-0.3, -0.25) is 14.9 Å². The lowest BCUT2D eigenvalue weighted by molar-refractivity contribution is -0.150. The molecule has 6 nitrogen and oxygen atoms in total. The molecule has 0 aromatic heterocycles. The molecule has 1 heterocycles. The summed E-state index contributed by atoms with van der Waals surface area (Å²) in [5.74, 6) is -1.64. The van der Waals surface area contributed by atoms with Gasteiger partial charge in [0, 0.05) is 0 Å². The predicted octanol–water partition coefficient (Wildman–Crippen LogP) is 0.550. The lowest BCUT2D eigenvalue weighted by Gasteiger charge is -2.18. The van der Waals surface area contributed by atoms with Crippen LogP contribution in [0.25, 0.3) is 0 Å². The van der Waals surface area contributed by atoms with Crippen LogP contribution in [0.5, 0.6) is 5.75 Å². The van der Waals surface area contributed by atoms with Crippen LogP contribution in [0.15, 0.2) is 24.3 Å². The summed E-state index contributed by atoms with van der Waals surface area (Å²) in [4.78, 5) is 24.1. The SMILES string of the molecule is COC(=O)[C@@H](Cc1ccc(O)cc1)C(=O)N[C@H]1CCCN1. The van der Waals surface area contributed by atoms with Crippen LogP contribution in [0.2, 0.25) is 0 Å². The van der Waals surface area contributed by atoms with E-state index in [1.165, 1.54) is 19.2 Å². The molecule has 0 aliphatic carbocycles. The van der Waals surface area contributed by atoms with E-state index < -0.39 is 11.9 Å². The van der Waals surface area contributed by atoms with Crippen LogP contribution < -0.4 is 10.6 Å². The zero-order chi connectivity index (χ0) is 15.2. The van der Waals surface area contributed by atoms with Gasteiger partial charge in [-0.15, -0.1) is 0 Å². The zero-order valence-electron chi connectivity index (χ0n) is 12.0. The molecule has 6 heteroatoms. The average molecular weight is 292 g/mol. The third-order valence-corrected chi connectivity index (χ3v) is 3.56. The summed E-state index contributed by atoms with van der Waals surface area (Å²) in [7, 11) is 1.27. The molecular weight excluding hydrogens is 272 g/mol. The van der Waals surface area contributed by atoms with E-state index in [-0.39, 0.29) is 24.2 Å². The number of ether oxygens (including phenoxy) is 1. The smallest absolute Gasteiger partial charge is 0.318 e. The Bertz CT molecular complexity index is 495. The molecule has 2 rings (SSSR count). The summed E-state index contributed by atoms with van der Waals surface area (Å²) < 4.78 is 4.72. The van der Waals surface area contributed by atoms with Gasteiger partial charge in [0.15, 0.2) is 0 Å². The maximum Gasteiger partial charge on any atom is 0.318 e. The zero-order valence-corrected chi connectivity index (χ0v) is 12.0. The number of aromatic hydroxyl groups is 1. The highest BCUT2D eigenvalue weighted by Gasteiger charge is 2.30. The number of rotatable bonds is 5. The lowest BCUT2D eigenvalue weighted by Crippen LogP contribution is -2.46. The highest BCUT2D eigenvalue weighted by molar-refractivity contribution is 5.98. The van der Waals surface area contributed by atoms with Gasteiger partial charge in [-0.25, -0.2) is 0 Å². The number of amides is 1. The Balaban J connectivity index is 2.04. The minimum atomic E-state index is -0.887. The standard InChI is InChI=1S/C15H20N2O4/c1-21-15(20)12(9-10-4-6-11(18)7-5-10)14(19)17-13-3-2-8-16-13/h4-7,12-13,16,18H,2-3,8-9H2,1H3,(H,17,19)/t12-,13-/m0/s1. The molecule has 1 aromatic rings. The van der Waals surface area contributed by atoms with Gasteiger partial charge in [0.1, 0.15) is 11.7 Å². The van der Waals surface area contributed by atoms with Crippen LogP contribution in [0.4, 0.5) is 0 Å². The van der Waals surface area contributed by atoms with Crippen LogP contribution in [0, 0.1) is 5.92 Å². The monoisotopic (exact) mass is 292 g/mol. The van der Waals surface area contributed by atoms with Crippen molar-refractivity contribution in [3.63, 3.8) is 0 Å². The third kappa shape index (κ3) is 4.19. The summed E-state index contributed by atoms with van der Waals surface area (Å²) in [6.07, 6.45) is 2.03. The second-order valence-electron chi connectivity index (χ2n) is 5.10. The molecule has 1 aliphatic heterocycles. The molecule has 0 radical (unpaired) electrons. The molecule has 0 unspecified atom stereocenters. The van der Waals surface area contributed by atoms with Gasteiger partial charge in [-0.2, -0.15) is 0 Å². The van der Waals surface area contributed by atoms with Crippen molar-refractivity contribution in [2.45, 2.75) is 25.4 Å². The Labute approximate surface area is 123 Å². The molecule has 1 fully saturated rings. The highest BCUT2D eigenvalue weighted by atomic mass is 16.5. The number of carbonyl (C=O) groups excluding carboxylic acids is 2. The molecule has 0 spiro atoms. The van der Waals surface area contributed by atoms with Crippen molar-refractivity contribution in [2.24, 2.45) is 5.92 Å². The maximum absolute atomic E-state index is 12.3. The number of methoxy groups -OCH3 is 1. The minimum Gasteiger partial charge on any atom is -0.508 e. The molecule has 1 amide bonds. The Kier molecular flexibility index (Phi) is 5.16. The van der Waals surface area contributed by atoms with E-state index in [0.29, 0.717) is 0 Å². The molecule has 2 atom stereocenters.